The highest BCUT2D eigenvalue weighted by Gasteiger charge is 2.31. The molecule has 1 aliphatic rings. The van der Waals surface area contributed by atoms with Crippen molar-refractivity contribution in [2.45, 2.75) is 52.9 Å². The molecular formula is C17H27N3O. The summed E-state index contributed by atoms with van der Waals surface area (Å²) in [6.45, 7) is 7.98. The zero-order valence-electron chi connectivity index (χ0n) is 13.5. The number of nitrogens with one attached hydrogen (secondary N) is 2. The van der Waals surface area contributed by atoms with Crippen LogP contribution in [0.15, 0.2) is 12.1 Å². The molecule has 0 radical (unpaired) electrons. The molecule has 4 nitrogen and oxygen atoms in total. The van der Waals surface area contributed by atoms with Crippen molar-refractivity contribution in [1.29, 1.82) is 0 Å². The molecular weight excluding hydrogens is 262 g/mol. The van der Waals surface area contributed by atoms with E-state index in [2.05, 4.69) is 29.5 Å². The molecule has 4 heteroatoms. The second kappa shape index (κ2) is 6.92. The summed E-state index contributed by atoms with van der Waals surface area (Å²) in [4.78, 5) is 16.9. The van der Waals surface area contributed by atoms with Gasteiger partial charge >= 0.3 is 0 Å². The summed E-state index contributed by atoms with van der Waals surface area (Å²) < 4.78 is 0. The van der Waals surface area contributed by atoms with Gasteiger partial charge in [-0.3, -0.25) is 4.79 Å². The van der Waals surface area contributed by atoms with Crippen LogP contribution in [0.3, 0.4) is 0 Å². The summed E-state index contributed by atoms with van der Waals surface area (Å²) in [6.07, 6.45) is 5.65. The molecule has 21 heavy (non-hydrogen) atoms. The Kier molecular flexibility index (Phi) is 5.21. The largest absolute Gasteiger partial charge is 0.370 e. The Hall–Kier alpha value is -1.58. The van der Waals surface area contributed by atoms with E-state index >= 15 is 0 Å². The number of carbonyl (C=O) groups is 1. The zero-order chi connectivity index (χ0) is 15.3. The smallest absolute Gasteiger partial charge is 0.251 e. The van der Waals surface area contributed by atoms with Gasteiger partial charge in [0, 0.05) is 24.3 Å². The highest BCUT2D eigenvalue weighted by molar-refractivity contribution is 5.95. The van der Waals surface area contributed by atoms with Crippen molar-refractivity contribution in [3.63, 3.8) is 0 Å². The Bertz CT molecular complexity index is 471. The second-order valence-corrected chi connectivity index (χ2v) is 6.36. The molecule has 0 saturated heterocycles. The van der Waals surface area contributed by atoms with E-state index in [1.807, 2.05) is 19.1 Å². The van der Waals surface area contributed by atoms with Gasteiger partial charge in [0.2, 0.25) is 0 Å². The molecule has 0 spiro atoms. The maximum absolute atomic E-state index is 12.4. The molecule has 0 atom stereocenters. The molecule has 0 aliphatic heterocycles. The fourth-order valence-electron chi connectivity index (χ4n) is 2.73. The number of pyridine rings is 1. The van der Waals surface area contributed by atoms with Crippen LogP contribution in [0.4, 0.5) is 5.82 Å². The molecule has 1 amide bonds. The highest BCUT2D eigenvalue weighted by atomic mass is 16.1. The molecule has 2 N–H and O–H groups in total. The SMILES string of the molecule is CCCc1cc(C(=O)NCC2(C)CCC2)cc(NCC)n1. The van der Waals surface area contributed by atoms with E-state index < -0.39 is 0 Å². The summed E-state index contributed by atoms with van der Waals surface area (Å²) in [5.41, 5.74) is 2.00. The Labute approximate surface area is 127 Å². The lowest BCUT2D eigenvalue weighted by atomic mass is 9.70. The third-order valence-corrected chi connectivity index (χ3v) is 4.24. The van der Waals surface area contributed by atoms with Gasteiger partial charge in [-0.25, -0.2) is 4.98 Å². The Morgan fingerprint density at radius 1 is 1.33 bits per heavy atom. The van der Waals surface area contributed by atoms with Crippen LogP contribution < -0.4 is 10.6 Å². The molecule has 1 heterocycles. The maximum atomic E-state index is 12.4. The number of aryl methyl sites for hydroxylation is 1. The molecule has 116 valence electrons. The van der Waals surface area contributed by atoms with E-state index in [1.54, 1.807) is 0 Å². The molecule has 1 aromatic heterocycles. The van der Waals surface area contributed by atoms with Crippen LogP contribution in [0.5, 0.6) is 0 Å². The van der Waals surface area contributed by atoms with Crippen LogP contribution in [-0.2, 0) is 6.42 Å². The Morgan fingerprint density at radius 3 is 2.67 bits per heavy atom. The van der Waals surface area contributed by atoms with E-state index in [4.69, 9.17) is 0 Å². The number of aromatic nitrogens is 1. The second-order valence-electron chi connectivity index (χ2n) is 6.36. The number of anilines is 1. The van der Waals surface area contributed by atoms with Gasteiger partial charge in [0.15, 0.2) is 0 Å². The van der Waals surface area contributed by atoms with Crippen molar-refractivity contribution in [3.05, 3.63) is 23.4 Å². The van der Waals surface area contributed by atoms with Crippen LogP contribution in [0.25, 0.3) is 0 Å². The predicted molar refractivity (Wildman–Crippen MR) is 86.7 cm³/mol. The molecule has 1 saturated carbocycles. The highest BCUT2D eigenvalue weighted by Crippen LogP contribution is 2.39. The maximum Gasteiger partial charge on any atom is 0.251 e. The summed E-state index contributed by atoms with van der Waals surface area (Å²) in [5, 5.41) is 6.29. The third-order valence-electron chi connectivity index (χ3n) is 4.24. The summed E-state index contributed by atoms with van der Waals surface area (Å²) in [5.74, 6) is 0.811. The number of rotatable bonds is 7. The monoisotopic (exact) mass is 289 g/mol. The first-order chi connectivity index (χ1) is 10.1. The summed E-state index contributed by atoms with van der Waals surface area (Å²) in [7, 11) is 0. The van der Waals surface area contributed by atoms with E-state index in [9.17, 15) is 4.79 Å². The van der Waals surface area contributed by atoms with Gasteiger partial charge < -0.3 is 10.6 Å². The minimum absolute atomic E-state index is 0.0158. The molecule has 0 aromatic carbocycles. The number of carbonyl (C=O) groups excluding carboxylic acids is 1. The van der Waals surface area contributed by atoms with E-state index in [0.29, 0.717) is 11.0 Å². The van der Waals surface area contributed by atoms with Crippen LogP contribution >= 0.6 is 0 Å². The molecule has 0 bridgehead atoms. The minimum Gasteiger partial charge on any atom is -0.370 e. The quantitative estimate of drug-likeness (QED) is 0.809. The molecule has 2 rings (SSSR count). The number of nitrogens with zero attached hydrogens (tertiary/aromatic N) is 1. The lowest BCUT2D eigenvalue weighted by Gasteiger charge is -2.38. The molecule has 1 aliphatic carbocycles. The van der Waals surface area contributed by atoms with Crippen LogP contribution in [0.2, 0.25) is 0 Å². The average molecular weight is 289 g/mol. The third kappa shape index (κ3) is 4.19. The minimum atomic E-state index is 0.0158. The van der Waals surface area contributed by atoms with Gasteiger partial charge in [-0.1, -0.05) is 26.7 Å². The van der Waals surface area contributed by atoms with Crippen molar-refractivity contribution in [3.8, 4) is 0 Å². The standard InChI is InChI=1S/C17H27N3O/c1-4-7-14-10-13(11-15(20-14)18-5-2)16(21)19-12-17(3)8-6-9-17/h10-11H,4-9,12H2,1-3H3,(H,18,20)(H,19,21). The van der Waals surface area contributed by atoms with Crippen molar-refractivity contribution in [1.82, 2.24) is 10.3 Å². The van der Waals surface area contributed by atoms with Crippen LogP contribution in [0, 0.1) is 5.41 Å². The van der Waals surface area contributed by atoms with Gasteiger partial charge in [-0.05, 0) is 43.7 Å². The van der Waals surface area contributed by atoms with Gasteiger partial charge in [0.25, 0.3) is 5.91 Å². The van der Waals surface area contributed by atoms with Crippen LogP contribution in [0.1, 0.15) is 62.5 Å². The number of amides is 1. The van der Waals surface area contributed by atoms with Gasteiger partial charge in [-0.15, -0.1) is 0 Å². The number of hydrogen-bond acceptors (Lipinski definition) is 3. The van der Waals surface area contributed by atoms with E-state index in [-0.39, 0.29) is 5.91 Å². The van der Waals surface area contributed by atoms with Gasteiger partial charge in [-0.2, -0.15) is 0 Å². The molecule has 1 aromatic rings. The zero-order valence-corrected chi connectivity index (χ0v) is 13.5. The average Bonchev–Trinajstić information content (AvgIpc) is 2.43. The van der Waals surface area contributed by atoms with Crippen molar-refractivity contribution >= 4 is 11.7 Å². The van der Waals surface area contributed by atoms with Crippen molar-refractivity contribution in [2.75, 3.05) is 18.4 Å². The van der Waals surface area contributed by atoms with E-state index in [1.165, 1.54) is 19.3 Å². The lowest BCUT2D eigenvalue weighted by Crippen LogP contribution is -2.40. The Morgan fingerprint density at radius 2 is 2.10 bits per heavy atom. The normalized spacial score (nSPS) is 16.1. The van der Waals surface area contributed by atoms with Crippen LogP contribution in [-0.4, -0.2) is 24.0 Å². The first-order valence-electron chi connectivity index (χ1n) is 8.09. The summed E-state index contributed by atoms with van der Waals surface area (Å²) in [6, 6.07) is 3.77. The Balaban J connectivity index is 2.06. The fraction of sp³-hybridized carbons (Fsp3) is 0.647. The molecule has 0 unspecified atom stereocenters. The van der Waals surface area contributed by atoms with E-state index in [0.717, 1.165) is 37.4 Å². The van der Waals surface area contributed by atoms with Crippen molar-refractivity contribution < 1.29 is 4.79 Å². The summed E-state index contributed by atoms with van der Waals surface area (Å²) >= 11 is 0. The van der Waals surface area contributed by atoms with Gasteiger partial charge in [0.1, 0.15) is 5.82 Å². The first kappa shape index (κ1) is 15.8. The first-order valence-corrected chi connectivity index (χ1v) is 8.09. The fourth-order valence-corrected chi connectivity index (χ4v) is 2.73. The molecule has 1 fully saturated rings. The lowest BCUT2D eigenvalue weighted by molar-refractivity contribution is 0.0890. The number of hydrogen-bond donors (Lipinski definition) is 2. The predicted octanol–water partition coefficient (Wildman–Crippen LogP) is 3.39. The van der Waals surface area contributed by atoms with Crippen molar-refractivity contribution in [2.24, 2.45) is 5.41 Å². The van der Waals surface area contributed by atoms with Gasteiger partial charge in [0.05, 0.1) is 0 Å². The topological polar surface area (TPSA) is 54.0 Å².